The molecule has 1 heterocycles. The number of piperidine rings is 1. The van der Waals surface area contributed by atoms with Crippen molar-refractivity contribution in [2.45, 2.75) is 19.3 Å². The van der Waals surface area contributed by atoms with Crippen molar-refractivity contribution in [2.24, 2.45) is 5.92 Å². The fourth-order valence-corrected chi connectivity index (χ4v) is 2.25. The average Bonchev–Trinajstić information content (AvgIpc) is 2.39. The molecule has 5 nitrogen and oxygen atoms in total. The highest BCUT2D eigenvalue weighted by Crippen LogP contribution is 2.15. The van der Waals surface area contributed by atoms with Gasteiger partial charge in [0.25, 0.3) is 0 Å². The highest BCUT2D eigenvalue weighted by atomic mass is 16.4. The second-order valence-electron chi connectivity index (χ2n) is 4.80. The van der Waals surface area contributed by atoms with Crippen LogP contribution in [0.2, 0.25) is 0 Å². The van der Waals surface area contributed by atoms with Crippen LogP contribution in [0.25, 0.3) is 0 Å². The summed E-state index contributed by atoms with van der Waals surface area (Å²) in [6, 6.07) is 6.99. The van der Waals surface area contributed by atoms with E-state index < -0.39 is 5.97 Å². The van der Waals surface area contributed by atoms with E-state index in [0.717, 1.165) is 19.4 Å². The standard InChI is InChI=1S/C14H18N2O3/c17-13(18)8-10-3-1-5-12(7-10)16-14(19)11-4-2-6-15-9-11/h1,3,5,7,11,15H,2,4,6,8-9H2,(H,16,19)(H,17,18)/t11-/m1/s1. The Morgan fingerprint density at radius 3 is 2.95 bits per heavy atom. The summed E-state index contributed by atoms with van der Waals surface area (Å²) >= 11 is 0. The summed E-state index contributed by atoms with van der Waals surface area (Å²) in [6.07, 6.45) is 1.87. The van der Waals surface area contributed by atoms with E-state index in [-0.39, 0.29) is 18.2 Å². The van der Waals surface area contributed by atoms with E-state index in [9.17, 15) is 9.59 Å². The molecule has 5 heteroatoms. The molecule has 3 N–H and O–H groups in total. The Morgan fingerprint density at radius 2 is 2.26 bits per heavy atom. The molecule has 1 saturated heterocycles. The van der Waals surface area contributed by atoms with Crippen LogP contribution < -0.4 is 10.6 Å². The summed E-state index contributed by atoms with van der Waals surface area (Å²) in [4.78, 5) is 22.7. The molecule has 0 bridgehead atoms. The Labute approximate surface area is 112 Å². The summed E-state index contributed by atoms with van der Waals surface area (Å²) in [7, 11) is 0. The Hall–Kier alpha value is -1.88. The van der Waals surface area contributed by atoms with Gasteiger partial charge >= 0.3 is 5.97 Å². The lowest BCUT2D eigenvalue weighted by atomic mass is 9.98. The number of carbonyl (C=O) groups excluding carboxylic acids is 1. The molecule has 102 valence electrons. The first-order chi connectivity index (χ1) is 9.15. The zero-order chi connectivity index (χ0) is 13.7. The van der Waals surface area contributed by atoms with Crippen LogP contribution in [0.4, 0.5) is 5.69 Å². The van der Waals surface area contributed by atoms with Crippen LogP contribution in [0.3, 0.4) is 0 Å². The first kappa shape index (κ1) is 13.5. The topological polar surface area (TPSA) is 78.4 Å². The van der Waals surface area contributed by atoms with E-state index >= 15 is 0 Å². The second-order valence-corrected chi connectivity index (χ2v) is 4.80. The molecular formula is C14H18N2O3. The maximum absolute atomic E-state index is 12.0. The average molecular weight is 262 g/mol. The molecule has 0 spiro atoms. The molecule has 0 saturated carbocycles. The van der Waals surface area contributed by atoms with Gasteiger partial charge in [-0.15, -0.1) is 0 Å². The summed E-state index contributed by atoms with van der Waals surface area (Å²) in [6.45, 7) is 1.68. The summed E-state index contributed by atoms with van der Waals surface area (Å²) in [5, 5.41) is 14.8. The number of carbonyl (C=O) groups is 2. The molecule has 1 aliphatic rings. The highest BCUT2D eigenvalue weighted by molar-refractivity contribution is 5.92. The zero-order valence-electron chi connectivity index (χ0n) is 10.7. The molecule has 1 amide bonds. The maximum Gasteiger partial charge on any atom is 0.307 e. The van der Waals surface area contributed by atoms with Crippen molar-refractivity contribution >= 4 is 17.6 Å². The number of carboxylic acids is 1. The van der Waals surface area contributed by atoms with E-state index in [1.807, 2.05) is 0 Å². The Balaban J connectivity index is 1.97. The van der Waals surface area contributed by atoms with Gasteiger partial charge < -0.3 is 15.7 Å². The normalized spacial score (nSPS) is 18.8. The maximum atomic E-state index is 12.0. The summed E-state index contributed by atoms with van der Waals surface area (Å²) in [5.41, 5.74) is 1.35. The minimum absolute atomic E-state index is 0.000301. The third kappa shape index (κ3) is 4.06. The molecule has 0 radical (unpaired) electrons. The van der Waals surface area contributed by atoms with Crippen molar-refractivity contribution in [3.63, 3.8) is 0 Å². The van der Waals surface area contributed by atoms with Crippen LogP contribution in [0.15, 0.2) is 24.3 Å². The predicted octanol–water partition coefficient (Wildman–Crippen LogP) is 1.25. The van der Waals surface area contributed by atoms with Crippen molar-refractivity contribution in [2.75, 3.05) is 18.4 Å². The molecule has 1 aromatic rings. The SMILES string of the molecule is O=C(O)Cc1cccc(NC(=O)[C@@H]2CCCNC2)c1. The molecule has 1 fully saturated rings. The van der Waals surface area contributed by atoms with Gasteiger partial charge in [-0.05, 0) is 37.1 Å². The first-order valence-corrected chi connectivity index (χ1v) is 6.47. The molecule has 1 aliphatic heterocycles. The lowest BCUT2D eigenvalue weighted by Gasteiger charge is -2.22. The number of nitrogens with one attached hydrogen (secondary N) is 2. The van der Waals surface area contributed by atoms with Crippen molar-refractivity contribution in [1.82, 2.24) is 5.32 Å². The largest absolute Gasteiger partial charge is 0.481 e. The van der Waals surface area contributed by atoms with Gasteiger partial charge in [0, 0.05) is 12.2 Å². The zero-order valence-corrected chi connectivity index (χ0v) is 10.7. The number of amides is 1. The molecular weight excluding hydrogens is 244 g/mol. The molecule has 2 rings (SSSR count). The minimum atomic E-state index is -0.875. The van der Waals surface area contributed by atoms with Crippen LogP contribution in [-0.2, 0) is 16.0 Å². The lowest BCUT2D eigenvalue weighted by Crippen LogP contribution is -2.37. The van der Waals surface area contributed by atoms with E-state index in [0.29, 0.717) is 17.8 Å². The highest BCUT2D eigenvalue weighted by Gasteiger charge is 2.20. The van der Waals surface area contributed by atoms with Crippen molar-refractivity contribution in [1.29, 1.82) is 0 Å². The first-order valence-electron chi connectivity index (χ1n) is 6.47. The summed E-state index contributed by atoms with van der Waals surface area (Å²) < 4.78 is 0. The van der Waals surface area contributed by atoms with Crippen molar-refractivity contribution in [3.05, 3.63) is 29.8 Å². The molecule has 0 aromatic heterocycles. The fraction of sp³-hybridized carbons (Fsp3) is 0.429. The van der Waals surface area contributed by atoms with Gasteiger partial charge in [0.1, 0.15) is 0 Å². The van der Waals surface area contributed by atoms with E-state index in [1.165, 1.54) is 0 Å². The Kier molecular flexibility index (Phi) is 4.52. The third-order valence-corrected chi connectivity index (χ3v) is 3.22. The quantitative estimate of drug-likeness (QED) is 0.763. The number of rotatable bonds is 4. The fourth-order valence-electron chi connectivity index (χ4n) is 2.25. The van der Waals surface area contributed by atoms with Gasteiger partial charge in [-0.1, -0.05) is 12.1 Å². The lowest BCUT2D eigenvalue weighted by molar-refractivity contribution is -0.136. The van der Waals surface area contributed by atoms with E-state index in [1.54, 1.807) is 24.3 Å². The third-order valence-electron chi connectivity index (χ3n) is 3.22. The monoisotopic (exact) mass is 262 g/mol. The van der Waals surface area contributed by atoms with Crippen molar-refractivity contribution in [3.8, 4) is 0 Å². The second kappa shape index (κ2) is 6.33. The molecule has 0 aliphatic carbocycles. The van der Waals surface area contributed by atoms with Gasteiger partial charge in [0.15, 0.2) is 0 Å². The Bertz CT molecular complexity index is 468. The van der Waals surface area contributed by atoms with Crippen LogP contribution in [0.1, 0.15) is 18.4 Å². The van der Waals surface area contributed by atoms with Gasteiger partial charge in [0.2, 0.25) is 5.91 Å². The van der Waals surface area contributed by atoms with Crippen LogP contribution in [0, 0.1) is 5.92 Å². The van der Waals surface area contributed by atoms with Gasteiger partial charge in [0.05, 0.1) is 12.3 Å². The van der Waals surface area contributed by atoms with Gasteiger partial charge in [-0.3, -0.25) is 9.59 Å². The van der Waals surface area contributed by atoms with E-state index in [4.69, 9.17) is 5.11 Å². The molecule has 1 aromatic carbocycles. The van der Waals surface area contributed by atoms with Gasteiger partial charge in [-0.25, -0.2) is 0 Å². The van der Waals surface area contributed by atoms with Crippen LogP contribution in [0.5, 0.6) is 0 Å². The number of carboxylic acid groups (broad SMARTS) is 1. The molecule has 19 heavy (non-hydrogen) atoms. The van der Waals surface area contributed by atoms with E-state index in [2.05, 4.69) is 10.6 Å². The van der Waals surface area contributed by atoms with Crippen LogP contribution >= 0.6 is 0 Å². The molecule has 0 unspecified atom stereocenters. The van der Waals surface area contributed by atoms with Gasteiger partial charge in [-0.2, -0.15) is 0 Å². The summed E-state index contributed by atoms with van der Waals surface area (Å²) in [5.74, 6) is -0.878. The predicted molar refractivity (Wildman–Crippen MR) is 72.0 cm³/mol. The molecule has 1 atom stereocenters. The smallest absolute Gasteiger partial charge is 0.307 e. The number of benzene rings is 1. The number of hydrogen-bond acceptors (Lipinski definition) is 3. The minimum Gasteiger partial charge on any atom is -0.481 e. The Morgan fingerprint density at radius 1 is 1.42 bits per heavy atom. The van der Waals surface area contributed by atoms with Crippen molar-refractivity contribution < 1.29 is 14.7 Å². The van der Waals surface area contributed by atoms with Crippen LogP contribution in [-0.4, -0.2) is 30.1 Å². The number of anilines is 1. The number of aliphatic carboxylic acids is 1. The number of hydrogen-bond donors (Lipinski definition) is 3.